The topological polar surface area (TPSA) is 58.6 Å². The van der Waals surface area contributed by atoms with Gasteiger partial charge in [-0.1, -0.05) is 54.1 Å². The van der Waals surface area contributed by atoms with Gasteiger partial charge in [-0.25, -0.2) is 4.39 Å². The maximum Gasteiger partial charge on any atom is 0.294 e. The number of nitrogens with zero attached hydrogens (tertiary/aromatic N) is 1. The number of ether oxygens (including phenoxy) is 1. The molecule has 3 aromatic rings. The van der Waals surface area contributed by atoms with Crippen LogP contribution in [0.1, 0.15) is 16.7 Å². The molecule has 32 heavy (non-hydrogen) atoms. The Kier molecular flexibility index (Phi) is 6.31. The fourth-order valence-corrected chi connectivity index (χ4v) is 3.43. The summed E-state index contributed by atoms with van der Waals surface area (Å²) in [6, 6.07) is 20.9. The van der Waals surface area contributed by atoms with Crippen molar-refractivity contribution in [1.82, 2.24) is 5.32 Å². The number of benzene rings is 3. The highest BCUT2D eigenvalue weighted by Crippen LogP contribution is 2.35. The molecule has 2 amide bonds. The van der Waals surface area contributed by atoms with Crippen LogP contribution < -0.4 is 15.0 Å². The molecule has 0 saturated carbocycles. The van der Waals surface area contributed by atoms with E-state index in [2.05, 4.69) is 5.32 Å². The smallest absolute Gasteiger partial charge is 0.294 e. The first-order valence-corrected chi connectivity index (χ1v) is 10.4. The molecule has 0 spiro atoms. The van der Waals surface area contributed by atoms with E-state index in [-0.39, 0.29) is 24.0 Å². The number of anilines is 1. The number of hydrogen-bond donors (Lipinski definition) is 1. The number of carbonyl (C=O) groups is 2. The van der Waals surface area contributed by atoms with E-state index >= 15 is 0 Å². The van der Waals surface area contributed by atoms with E-state index in [1.165, 1.54) is 22.6 Å². The first-order valence-electron chi connectivity index (χ1n) is 10.4. The van der Waals surface area contributed by atoms with E-state index in [9.17, 15) is 14.0 Å². The highest BCUT2D eigenvalue weighted by Gasteiger charge is 2.31. The maximum atomic E-state index is 13.2. The first kappa shape index (κ1) is 21.3. The van der Waals surface area contributed by atoms with Crippen LogP contribution in [0.15, 0.2) is 78.6 Å². The minimum absolute atomic E-state index is 0.0720. The monoisotopic (exact) mass is 430 g/mol. The van der Waals surface area contributed by atoms with Gasteiger partial charge in [-0.3, -0.25) is 14.5 Å². The van der Waals surface area contributed by atoms with E-state index in [0.29, 0.717) is 30.0 Å². The van der Waals surface area contributed by atoms with Crippen LogP contribution in [0.2, 0.25) is 0 Å². The Labute approximate surface area is 186 Å². The number of nitrogens with one attached hydrogen (secondary N) is 1. The van der Waals surface area contributed by atoms with Crippen LogP contribution >= 0.6 is 0 Å². The van der Waals surface area contributed by atoms with Gasteiger partial charge in [-0.15, -0.1) is 0 Å². The lowest BCUT2D eigenvalue weighted by molar-refractivity contribution is -0.123. The van der Waals surface area contributed by atoms with Crippen molar-refractivity contribution in [2.75, 3.05) is 18.0 Å². The molecule has 0 atom stereocenters. The van der Waals surface area contributed by atoms with Gasteiger partial charge in [0.25, 0.3) is 5.91 Å². The number of amides is 2. The molecule has 0 bridgehead atoms. The van der Waals surface area contributed by atoms with Gasteiger partial charge in [0.15, 0.2) is 11.5 Å². The average molecular weight is 430 g/mol. The van der Waals surface area contributed by atoms with Crippen LogP contribution in [-0.4, -0.2) is 24.9 Å². The van der Waals surface area contributed by atoms with Crippen LogP contribution in [0.4, 0.5) is 10.1 Å². The molecule has 1 aliphatic heterocycles. The molecule has 4 rings (SSSR count). The molecular weight excluding hydrogens is 407 g/mol. The van der Waals surface area contributed by atoms with Crippen LogP contribution in [0.5, 0.6) is 5.75 Å². The standard InChI is InChI=1S/C26H23FN2O3/c1-18-6-8-19(9-7-18)14-15-28-25(30)17-29-22-4-2-3-5-23(22)32-24(26(29)31)16-20-10-12-21(27)13-11-20/h2-13,16H,14-15,17H2,1H3,(H,28,30). The van der Waals surface area contributed by atoms with Gasteiger partial charge in [0.2, 0.25) is 5.91 Å². The fraction of sp³-hybridized carbons (Fsp3) is 0.154. The van der Waals surface area contributed by atoms with E-state index < -0.39 is 5.91 Å². The molecule has 1 aliphatic rings. The lowest BCUT2D eigenvalue weighted by Crippen LogP contribution is -2.44. The predicted octanol–water partition coefficient (Wildman–Crippen LogP) is 4.26. The molecule has 6 heteroatoms. The molecule has 0 saturated heterocycles. The predicted molar refractivity (Wildman–Crippen MR) is 122 cm³/mol. The number of hydrogen-bond acceptors (Lipinski definition) is 3. The maximum absolute atomic E-state index is 13.2. The van der Waals surface area contributed by atoms with Crippen LogP contribution in [-0.2, 0) is 16.0 Å². The van der Waals surface area contributed by atoms with Crippen molar-refractivity contribution in [2.24, 2.45) is 0 Å². The lowest BCUT2D eigenvalue weighted by Gasteiger charge is -2.30. The van der Waals surface area contributed by atoms with Gasteiger partial charge in [0.1, 0.15) is 12.4 Å². The van der Waals surface area contributed by atoms with E-state index in [0.717, 1.165) is 5.56 Å². The second-order valence-corrected chi connectivity index (χ2v) is 7.61. The summed E-state index contributed by atoms with van der Waals surface area (Å²) < 4.78 is 19.0. The SMILES string of the molecule is Cc1ccc(CCNC(=O)CN2C(=O)C(=Cc3ccc(F)cc3)Oc3ccccc32)cc1. The summed E-state index contributed by atoms with van der Waals surface area (Å²) in [5.74, 6) is -0.502. The quantitative estimate of drug-likeness (QED) is 0.595. The highest BCUT2D eigenvalue weighted by molar-refractivity contribution is 6.12. The first-order chi connectivity index (χ1) is 15.5. The Bertz CT molecular complexity index is 1150. The minimum atomic E-state index is -0.429. The molecule has 0 aromatic heterocycles. The third-order valence-corrected chi connectivity index (χ3v) is 5.16. The number of halogens is 1. The molecule has 5 nitrogen and oxygen atoms in total. The summed E-state index contributed by atoms with van der Waals surface area (Å²) in [6.07, 6.45) is 2.25. The number of carbonyl (C=O) groups excluding carboxylic acids is 2. The number of rotatable bonds is 6. The van der Waals surface area contributed by atoms with Crippen LogP contribution in [0.3, 0.4) is 0 Å². The fourth-order valence-electron chi connectivity index (χ4n) is 3.43. The van der Waals surface area contributed by atoms with Crippen LogP contribution in [0, 0.1) is 12.7 Å². The third kappa shape index (κ3) is 5.03. The van der Waals surface area contributed by atoms with E-state index in [1.807, 2.05) is 31.2 Å². The average Bonchev–Trinajstić information content (AvgIpc) is 2.79. The van der Waals surface area contributed by atoms with E-state index in [1.54, 1.807) is 42.5 Å². The Morgan fingerprint density at radius 2 is 1.75 bits per heavy atom. The van der Waals surface area contributed by atoms with Gasteiger partial charge in [-0.2, -0.15) is 0 Å². The molecule has 1 heterocycles. The minimum Gasteiger partial charge on any atom is -0.449 e. The molecule has 0 fully saturated rings. The number of aryl methyl sites for hydroxylation is 1. The number of para-hydroxylation sites is 2. The van der Waals surface area contributed by atoms with Crippen molar-refractivity contribution in [3.63, 3.8) is 0 Å². The molecular formula is C26H23FN2O3. The summed E-state index contributed by atoms with van der Waals surface area (Å²) in [5.41, 5.74) is 3.47. The molecule has 0 unspecified atom stereocenters. The zero-order valence-corrected chi connectivity index (χ0v) is 17.7. The molecule has 3 aromatic carbocycles. The zero-order chi connectivity index (χ0) is 22.5. The molecule has 0 radical (unpaired) electrons. The summed E-state index contributed by atoms with van der Waals surface area (Å²) in [4.78, 5) is 27.1. The Hall–Kier alpha value is -3.93. The Morgan fingerprint density at radius 1 is 1.03 bits per heavy atom. The summed E-state index contributed by atoms with van der Waals surface area (Å²) >= 11 is 0. The van der Waals surface area contributed by atoms with Crippen molar-refractivity contribution in [3.8, 4) is 5.75 Å². The van der Waals surface area contributed by atoms with Crippen molar-refractivity contribution < 1.29 is 18.7 Å². The van der Waals surface area contributed by atoms with Gasteiger partial charge in [-0.05, 0) is 54.8 Å². The largest absolute Gasteiger partial charge is 0.449 e. The number of fused-ring (bicyclic) bond motifs is 1. The van der Waals surface area contributed by atoms with Gasteiger partial charge in [0.05, 0.1) is 5.69 Å². The summed E-state index contributed by atoms with van der Waals surface area (Å²) in [7, 11) is 0. The highest BCUT2D eigenvalue weighted by atomic mass is 19.1. The molecule has 162 valence electrons. The zero-order valence-electron chi connectivity index (χ0n) is 17.7. The second kappa shape index (κ2) is 9.47. The van der Waals surface area contributed by atoms with Gasteiger partial charge < -0.3 is 10.1 Å². The van der Waals surface area contributed by atoms with Gasteiger partial charge >= 0.3 is 0 Å². The van der Waals surface area contributed by atoms with Crippen LogP contribution in [0.25, 0.3) is 6.08 Å². The Morgan fingerprint density at radius 3 is 2.50 bits per heavy atom. The lowest BCUT2D eigenvalue weighted by atomic mass is 10.1. The van der Waals surface area contributed by atoms with Crippen molar-refractivity contribution in [1.29, 1.82) is 0 Å². The Balaban J connectivity index is 1.47. The van der Waals surface area contributed by atoms with Crippen molar-refractivity contribution >= 4 is 23.6 Å². The van der Waals surface area contributed by atoms with E-state index in [4.69, 9.17) is 4.74 Å². The second-order valence-electron chi connectivity index (χ2n) is 7.61. The normalized spacial score (nSPS) is 14.1. The van der Waals surface area contributed by atoms with Crippen molar-refractivity contribution in [3.05, 3.63) is 101 Å². The molecule has 1 N–H and O–H groups in total. The third-order valence-electron chi connectivity index (χ3n) is 5.16. The summed E-state index contributed by atoms with van der Waals surface area (Å²) in [6.45, 7) is 2.37. The summed E-state index contributed by atoms with van der Waals surface area (Å²) in [5, 5.41) is 2.88. The van der Waals surface area contributed by atoms with Gasteiger partial charge in [0, 0.05) is 6.54 Å². The molecule has 0 aliphatic carbocycles. The van der Waals surface area contributed by atoms with Crippen molar-refractivity contribution in [2.45, 2.75) is 13.3 Å².